The Hall–Kier alpha value is -1.64. The summed E-state index contributed by atoms with van der Waals surface area (Å²) >= 11 is 0. The van der Waals surface area contributed by atoms with E-state index >= 15 is 0 Å². The van der Waals surface area contributed by atoms with Crippen LogP contribution in [-0.4, -0.2) is 18.4 Å². The van der Waals surface area contributed by atoms with Crippen molar-refractivity contribution in [3.05, 3.63) is 36.0 Å². The molecule has 4 aliphatic carbocycles. The fraction of sp³-hybridized carbons (Fsp3) is 0.619. The van der Waals surface area contributed by atoms with Gasteiger partial charge in [-0.2, -0.15) is 0 Å². The molecule has 4 aliphatic rings. The maximum Gasteiger partial charge on any atom is 0.293 e. The third-order valence-corrected chi connectivity index (χ3v) is 7.66. The first-order chi connectivity index (χ1) is 11.4. The molecule has 3 saturated carbocycles. The molecule has 3 nitrogen and oxygen atoms in total. The molecule has 0 aromatic heterocycles. The lowest BCUT2D eigenvalue weighted by atomic mass is 9.47. The summed E-state index contributed by atoms with van der Waals surface area (Å²) < 4.78 is 5.45. The summed E-state index contributed by atoms with van der Waals surface area (Å²) in [6.45, 7) is 9.54. The molecule has 3 fully saturated rings. The molecule has 24 heavy (non-hydrogen) atoms. The number of hydrogen-bond acceptors (Lipinski definition) is 3. The molecular formula is C21H26O3. The van der Waals surface area contributed by atoms with E-state index in [1.807, 2.05) is 0 Å². The number of hydrogen-bond donors (Lipinski definition) is 0. The lowest BCUT2D eigenvalue weighted by Crippen LogP contribution is -2.51. The maximum atomic E-state index is 11.9. The van der Waals surface area contributed by atoms with Crippen LogP contribution in [0.5, 0.6) is 0 Å². The number of ketones is 1. The average Bonchev–Trinajstić information content (AvgIpc) is 2.87. The Kier molecular flexibility index (Phi) is 3.42. The van der Waals surface area contributed by atoms with E-state index in [2.05, 4.69) is 26.5 Å². The smallest absolute Gasteiger partial charge is 0.293 e. The molecule has 0 radical (unpaired) electrons. The van der Waals surface area contributed by atoms with Crippen molar-refractivity contribution in [1.82, 2.24) is 0 Å². The van der Waals surface area contributed by atoms with Crippen LogP contribution in [0.25, 0.3) is 0 Å². The molecule has 0 unspecified atom stereocenters. The van der Waals surface area contributed by atoms with Crippen molar-refractivity contribution >= 4 is 12.3 Å². The molecule has 0 amide bonds. The van der Waals surface area contributed by atoms with Crippen molar-refractivity contribution in [2.45, 2.75) is 52.1 Å². The molecule has 3 heteroatoms. The second-order valence-corrected chi connectivity index (χ2v) is 8.60. The Labute approximate surface area is 143 Å². The Morgan fingerprint density at radius 1 is 1.25 bits per heavy atom. The van der Waals surface area contributed by atoms with Crippen LogP contribution in [0.2, 0.25) is 0 Å². The van der Waals surface area contributed by atoms with E-state index in [0.29, 0.717) is 24.2 Å². The highest BCUT2D eigenvalue weighted by atomic mass is 16.5. The Morgan fingerprint density at radius 3 is 2.79 bits per heavy atom. The topological polar surface area (TPSA) is 43.4 Å². The SMILES string of the molecule is C=C1C[C@H]2[C@@H]3CC[C@H](OC=O)[C@@]3(C)CC[C@@H]2[C@@]2(C)C=CC(=O)C=C12. The van der Waals surface area contributed by atoms with Gasteiger partial charge in [0.05, 0.1) is 0 Å². The predicted molar refractivity (Wildman–Crippen MR) is 92.1 cm³/mol. The quantitative estimate of drug-likeness (QED) is 0.720. The maximum absolute atomic E-state index is 11.9. The second kappa shape index (κ2) is 5.18. The molecule has 0 spiro atoms. The molecular weight excluding hydrogens is 300 g/mol. The lowest BCUT2D eigenvalue weighted by molar-refractivity contribution is -0.143. The third-order valence-electron chi connectivity index (χ3n) is 7.66. The minimum atomic E-state index is -0.0706. The number of carbonyl (C=O) groups excluding carboxylic acids is 2. The average molecular weight is 326 g/mol. The van der Waals surface area contributed by atoms with Crippen LogP contribution in [0.4, 0.5) is 0 Å². The van der Waals surface area contributed by atoms with E-state index in [1.165, 1.54) is 0 Å². The van der Waals surface area contributed by atoms with Gasteiger partial charge in [-0.25, -0.2) is 0 Å². The van der Waals surface area contributed by atoms with Crippen LogP contribution < -0.4 is 0 Å². The first-order valence-corrected chi connectivity index (χ1v) is 9.13. The summed E-state index contributed by atoms with van der Waals surface area (Å²) in [5.74, 6) is 1.77. The molecule has 0 aliphatic heterocycles. The number of allylic oxidation sites excluding steroid dienone is 5. The summed E-state index contributed by atoms with van der Waals surface area (Å²) in [6.07, 6.45) is 11.0. The Morgan fingerprint density at radius 2 is 2.04 bits per heavy atom. The van der Waals surface area contributed by atoms with E-state index < -0.39 is 0 Å². The number of ether oxygens (including phenoxy) is 1. The third kappa shape index (κ3) is 1.96. The first-order valence-electron chi connectivity index (χ1n) is 9.13. The fourth-order valence-electron chi connectivity index (χ4n) is 6.45. The Bertz CT molecular complexity index is 673. The summed E-state index contributed by atoms with van der Waals surface area (Å²) in [6, 6.07) is 0. The highest BCUT2D eigenvalue weighted by Crippen LogP contribution is 2.65. The zero-order valence-electron chi connectivity index (χ0n) is 14.6. The van der Waals surface area contributed by atoms with Crippen molar-refractivity contribution in [2.75, 3.05) is 0 Å². The van der Waals surface area contributed by atoms with Crippen molar-refractivity contribution in [2.24, 2.45) is 28.6 Å². The van der Waals surface area contributed by atoms with Crippen LogP contribution in [0.3, 0.4) is 0 Å². The van der Waals surface area contributed by atoms with Gasteiger partial charge in [0, 0.05) is 10.8 Å². The van der Waals surface area contributed by atoms with E-state index in [0.717, 1.165) is 43.3 Å². The number of carbonyl (C=O) groups is 2. The summed E-state index contributed by atoms with van der Waals surface area (Å²) in [4.78, 5) is 22.8. The standard InChI is InChI=1S/C21H26O3/c1-13-10-15-16-4-5-19(24-12-22)21(16,3)9-7-17(15)20(2)8-6-14(23)11-18(13)20/h6,8,11-12,15-17,19H,1,4-5,7,9-10H2,2-3H3/t15-,16-,17-,19-,20+,21-/m0/s1. The van der Waals surface area contributed by atoms with Crippen molar-refractivity contribution in [3.8, 4) is 0 Å². The van der Waals surface area contributed by atoms with E-state index in [-0.39, 0.29) is 22.7 Å². The van der Waals surface area contributed by atoms with Gasteiger partial charge in [0.25, 0.3) is 6.47 Å². The van der Waals surface area contributed by atoms with E-state index in [1.54, 1.807) is 12.2 Å². The first kappa shape index (κ1) is 15.9. The molecule has 0 bridgehead atoms. The molecule has 0 aromatic carbocycles. The van der Waals surface area contributed by atoms with Crippen molar-refractivity contribution in [1.29, 1.82) is 0 Å². The van der Waals surface area contributed by atoms with Gasteiger partial charge in [-0.05, 0) is 67.6 Å². The van der Waals surface area contributed by atoms with Gasteiger partial charge in [-0.15, -0.1) is 0 Å². The van der Waals surface area contributed by atoms with E-state index in [9.17, 15) is 9.59 Å². The largest absolute Gasteiger partial charge is 0.464 e. The highest BCUT2D eigenvalue weighted by molar-refractivity contribution is 6.01. The van der Waals surface area contributed by atoms with E-state index in [4.69, 9.17) is 4.74 Å². The molecule has 0 N–H and O–H groups in total. The fourth-order valence-corrected chi connectivity index (χ4v) is 6.45. The lowest BCUT2D eigenvalue weighted by Gasteiger charge is -2.57. The monoisotopic (exact) mass is 326 g/mol. The van der Waals surface area contributed by atoms with Gasteiger partial charge in [0.1, 0.15) is 6.10 Å². The molecule has 128 valence electrons. The molecule has 0 heterocycles. The molecule has 0 aromatic rings. The van der Waals surface area contributed by atoms with Gasteiger partial charge in [0.15, 0.2) is 5.78 Å². The molecule has 6 atom stereocenters. The van der Waals surface area contributed by atoms with Gasteiger partial charge in [0.2, 0.25) is 0 Å². The van der Waals surface area contributed by atoms with Crippen molar-refractivity contribution < 1.29 is 14.3 Å². The Balaban J connectivity index is 1.71. The van der Waals surface area contributed by atoms with Crippen LogP contribution in [0.15, 0.2) is 36.0 Å². The van der Waals surface area contributed by atoms with Crippen LogP contribution in [-0.2, 0) is 14.3 Å². The van der Waals surface area contributed by atoms with Gasteiger partial charge in [-0.1, -0.05) is 32.1 Å². The second-order valence-electron chi connectivity index (χ2n) is 8.60. The summed E-state index contributed by atoms with van der Waals surface area (Å²) in [5, 5.41) is 0. The summed E-state index contributed by atoms with van der Waals surface area (Å²) in [7, 11) is 0. The van der Waals surface area contributed by atoms with Crippen LogP contribution in [0, 0.1) is 28.6 Å². The minimum absolute atomic E-state index is 0.0578. The van der Waals surface area contributed by atoms with Gasteiger partial charge in [-0.3, -0.25) is 9.59 Å². The van der Waals surface area contributed by atoms with Gasteiger partial charge >= 0.3 is 0 Å². The molecule has 4 rings (SSSR count). The van der Waals surface area contributed by atoms with Crippen molar-refractivity contribution in [3.63, 3.8) is 0 Å². The highest BCUT2D eigenvalue weighted by Gasteiger charge is 2.59. The van der Waals surface area contributed by atoms with Gasteiger partial charge < -0.3 is 4.74 Å². The number of rotatable bonds is 2. The normalized spacial score (nSPS) is 46.7. The zero-order chi connectivity index (χ0) is 17.1. The van der Waals surface area contributed by atoms with Crippen LogP contribution >= 0.6 is 0 Å². The predicted octanol–water partition coefficient (Wildman–Crippen LogP) is 4.00. The zero-order valence-corrected chi connectivity index (χ0v) is 14.6. The number of fused-ring (bicyclic) bond motifs is 5. The van der Waals surface area contributed by atoms with Crippen LogP contribution in [0.1, 0.15) is 46.0 Å². The minimum Gasteiger partial charge on any atom is -0.464 e. The summed E-state index contributed by atoms with van der Waals surface area (Å²) in [5.41, 5.74) is 2.30. The molecule has 0 saturated heterocycles.